The van der Waals surface area contributed by atoms with E-state index in [0.717, 1.165) is 16.9 Å². The van der Waals surface area contributed by atoms with E-state index in [1.807, 2.05) is 0 Å². The number of rotatable bonds is 3. The van der Waals surface area contributed by atoms with Crippen LogP contribution in [0.15, 0.2) is 28.7 Å². The molecule has 1 N–H and O–H groups in total. The fourth-order valence-corrected chi connectivity index (χ4v) is 4.62. The largest absolute Gasteiger partial charge is 0.309 e. The van der Waals surface area contributed by atoms with Crippen LogP contribution in [0.2, 0.25) is 0 Å². The number of benzene rings is 1. The molecule has 112 valence electrons. The van der Waals surface area contributed by atoms with Crippen molar-refractivity contribution in [3.05, 3.63) is 34.3 Å². The third-order valence-electron chi connectivity index (χ3n) is 6.26. The molecule has 2 fully saturated rings. The quantitative estimate of drug-likeness (QED) is 0.720. The van der Waals surface area contributed by atoms with Gasteiger partial charge in [0.05, 0.1) is 0 Å². The zero-order chi connectivity index (χ0) is 13.7. The summed E-state index contributed by atoms with van der Waals surface area (Å²) in [6, 6.07) is 9.35. The van der Waals surface area contributed by atoms with Crippen molar-refractivity contribution < 1.29 is 0 Å². The molecule has 0 aliphatic heterocycles. The minimum atomic E-state index is 0. The maximum atomic E-state index is 3.83. The Balaban J connectivity index is 0.00000147. The van der Waals surface area contributed by atoms with Gasteiger partial charge in [0.25, 0.3) is 0 Å². The maximum Gasteiger partial charge on any atom is 0.0208 e. The van der Waals surface area contributed by atoms with Crippen LogP contribution in [0.5, 0.6) is 0 Å². The number of fused-ring (bicyclic) bond motifs is 2. The Labute approximate surface area is 141 Å². The molecule has 1 aromatic rings. The highest BCUT2D eigenvalue weighted by Crippen LogP contribution is 2.65. The van der Waals surface area contributed by atoms with Crippen molar-refractivity contribution in [2.45, 2.75) is 52.6 Å². The molecule has 2 bridgehead atoms. The molecule has 3 rings (SSSR count). The second kappa shape index (κ2) is 5.73. The summed E-state index contributed by atoms with van der Waals surface area (Å²) in [5.74, 6) is 0.917. The van der Waals surface area contributed by atoms with Crippen LogP contribution < -0.4 is 5.32 Å². The summed E-state index contributed by atoms with van der Waals surface area (Å²) in [6.07, 6.45) is 4.18. The molecule has 0 amide bonds. The van der Waals surface area contributed by atoms with Gasteiger partial charge in [0, 0.05) is 17.1 Å². The Kier molecular flexibility index (Phi) is 4.73. The summed E-state index contributed by atoms with van der Waals surface area (Å²) in [7, 11) is 0. The van der Waals surface area contributed by atoms with Gasteiger partial charge >= 0.3 is 0 Å². The van der Waals surface area contributed by atoms with Crippen LogP contribution in [0.1, 0.15) is 45.6 Å². The van der Waals surface area contributed by atoms with Crippen LogP contribution in [0.4, 0.5) is 0 Å². The summed E-state index contributed by atoms with van der Waals surface area (Å²) < 4.78 is 1.16. The zero-order valence-electron chi connectivity index (χ0n) is 12.6. The first-order valence-electron chi connectivity index (χ1n) is 7.41. The second-order valence-corrected chi connectivity index (χ2v) is 8.09. The van der Waals surface area contributed by atoms with E-state index in [-0.39, 0.29) is 17.0 Å². The molecule has 0 radical (unpaired) electrons. The molecule has 0 aromatic heterocycles. The molecular weight excluding hydrogens is 378 g/mol. The molecular formula is C17H25Br2N. The van der Waals surface area contributed by atoms with Crippen molar-refractivity contribution in [3.8, 4) is 0 Å². The Morgan fingerprint density at radius 2 is 1.85 bits per heavy atom. The van der Waals surface area contributed by atoms with Gasteiger partial charge in [0.2, 0.25) is 0 Å². The van der Waals surface area contributed by atoms with E-state index in [0.29, 0.717) is 16.9 Å². The number of halogens is 2. The van der Waals surface area contributed by atoms with Crippen LogP contribution >= 0.6 is 32.9 Å². The third kappa shape index (κ3) is 2.50. The lowest BCUT2D eigenvalue weighted by Gasteiger charge is -2.39. The van der Waals surface area contributed by atoms with Crippen molar-refractivity contribution in [1.29, 1.82) is 0 Å². The van der Waals surface area contributed by atoms with Crippen LogP contribution in [0.25, 0.3) is 0 Å². The van der Waals surface area contributed by atoms with Crippen LogP contribution in [0, 0.1) is 16.7 Å². The number of hydrogen-bond acceptors (Lipinski definition) is 1. The van der Waals surface area contributed by atoms with E-state index >= 15 is 0 Å². The van der Waals surface area contributed by atoms with Crippen molar-refractivity contribution >= 4 is 32.9 Å². The summed E-state index contributed by atoms with van der Waals surface area (Å²) in [5, 5.41) is 3.83. The van der Waals surface area contributed by atoms with E-state index in [9.17, 15) is 0 Å². The lowest BCUT2D eigenvalue weighted by Crippen LogP contribution is -2.44. The summed E-state index contributed by atoms with van der Waals surface area (Å²) in [6.45, 7) is 8.45. The standard InChI is InChI=1S/C17H24BrN.BrH/c1-16(2)13-8-9-17(16,3)15(10-13)19-11-12-4-6-14(18)7-5-12;/h4-7,13,15,19H,8-11H2,1-3H3;1H/t13-,15+,17+;/m0./s1. The van der Waals surface area contributed by atoms with E-state index in [1.54, 1.807) is 0 Å². The highest BCUT2D eigenvalue weighted by atomic mass is 79.9. The molecule has 0 saturated heterocycles. The van der Waals surface area contributed by atoms with E-state index < -0.39 is 0 Å². The van der Waals surface area contributed by atoms with Gasteiger partial charge in [0.1, 0.15) is 0 Å². The van der Waals surface area contributed by atoms with E-state index in [2.05, 4.69) is 66.3 Å². The second-order valence-electron chi connectivity index (χ2n) is 7.17. The molecule has 2 aliphatic carbocycles. The fraction of sp³-hybridized carbons (Fsp3) is 0.647. The lowest BCUT2D eigenvalue weighted by atomic mass is 9.69. The number of hydrogen-bond donors (Lipinski definition) is 1. The van der Waals surface area contributed by atoms with Crippen molar-refractivity contribution in [3.63, 3.8) is 0 Å². The minimum absolute atomic E-state index is 0. The lowest BCUT2D eigenvalue weighted by molar-refractivity contribution is 0.120. The molecule has 1 nitrogen and oxygen atoms in total. The average Bonchev–Trinajstić information content (AvgIpc) is 2.71. The Morgan fingerprint density at radius 1 is 1.20 bits per heavy atom. The first-order valence-corrected chi connectivity index (χ1v) is 8.20. The average molecular weight is 403 g/mol. The van der Waals surface area contributed by atoms with Crippen molar-refractivity contribution in [2.75, 3.05) is 0 Å². The third-order valence-corrected chi connectivity index (χ3v) is 6.79. The zero-order valence-corrected chi connectivity index (χ0v) is 15.9. The molecule has 2 saturated carbocycles. The van der Waals surface area contributed by atoms with Crippen molar-refractivity contribution in [1.82, 2.24) is 5.32 Å². The van der Waals surface area contributed by atoms with Gasteiger partial charge in [-0.25, -0.2) is 0 Å². The monoisotopic (exact) mass is 401 g/mol. The predicted molar refractivity (Wildman–Crippen MR) is 94.3 cm³/mol. The molecule has 0 spiro atoms. The summed E-state index contributed by atoms with van der Waals surface area (Å²) in [5.41, 5.74) is 2.37. The van der Waals surface area contributed by atoms with Crippen molar-refractivity contribution in [2.24, 2.45) is 16.7 Å². The van der Waals surface area contributed by atoms with Crippen LogP contribution in [-0.2, 0) is 6.54 Å². The SMILES string of the molecule is Br.CC1(C)[C@H]2CC[C@]1(C)[C@H](NCc1ccc(Br)cc1)C2. The van der Waals surface area contributed by atoms with Crippen LogP contribution in [-0.4, -0.2) is 6.04 Å². The fourth-order valence-electron chi connectivity index (χ4n) is 4.36. The molecule has 0 unspecified atom stereocenters. The normalized spacial score (nSPS) is 34.0. The Hall–Kier alpha value is 0.140. The maximum absolute atomic E-state index is 3.83. The van der Waals surface area contributed by atoms with Gasteiger partial charge in [-0.15, -0.1) is 17.0 Å². The predicted octanol–water partition coefficient (Wildman–Crippen LogP) is 5.33. The van der Waals surface area contributed by atoms with Gasteiger partial charge in [-0.05, 0) is 53.7 Å². The Bertz CT molecular complexity index is 468. The molecule has 20 heavy (non-hydrogen) atoms. The van der Waals surface area contributed by atoms with E-state index in [1.165, 1.54) is 24.8 Å². The topological polar surface area (TPSA) is 12.0 Å². The first kappa shape index (κ1) is 16.5. The van der Waals surface area contributed by atoms with Gasteiger partial charge < -0.3 is 5.32 Å². The molecule has 1 aromatic carbocycles. The summed E-state index contributed by atoms with van der Waals surface area (Å²) >= 11 is 3.49. The van der Waals surface area contributed by atoms with Gasteiger partial charge in [-0.1, -0.05) is 48.8 Å². The molecule has 3 heteroatoms. The van der Waals surface area contributed by atoms with Gasteiger partial charge in [0.15, 0.2) is 0 Å². The summed E-state index contributed by atoms with van der Waals surface area (Å²) in [4.78, 5) is 0. The van der Waals surface area contributed by atoms with Crippen LogP contribution in [0.3, 0.4) is 0 Å². The Morgan fingerprint density at radius 3 is 2.35 bits per heavy atom. The molecule has 0 heterocycles. The number of nitrogens with one attached hydrogen (secondary N) is 1. The molecule has 3 atom stereocenters. The van der Waals surface area contributed by atoms with E-state index in [4.69, 9.17) is 0 Å². The highest BCUT2D eigenvalue weighted by molar-refractivity contribution is 9.10. The van der Waals surface area contributed by atoms with Gasteiger partial charge in [-0.3, -0.25) is 0 Å². The minimum Gasteiger partial charge on any atom is -0.309 e. The highest BCUT2D eigenvalue weighted by Gasteiger charge is 2.60. The smallest absolute Gasteiger partial charge is 0.0208 e. The molecule has 2 aliphatic rings. The first-order chi connectivity index (χ1) is 8.93. The van der Waals surface area contributed by atoms with Gasteiger partial charge in [-0.2, -0.15) is 0 Å².